The minimum absolute atomic E-state index is 0.0545. The van der Waals surface area contributed by atoms with Gasteiger partial charge < -0.3 is 24.4 Å². The first-order valence-corrected chi connectivity index (χ1v) is 15.1. The average Bonchev–Trinajstić information content (AvgIpc) is 2.99. The van der Waals surface area contributed by atoms with Gasteiger partial charge in [0.2, 0.25) is 11.8 Å². The molecule has 10 nitrogen and oxygen atoms in total. The third kappa shape index (κ3) is 7.46. The molecule has 1 atom stereocenters. The van der Waals surface area contributed by atoms with Crippen LogP contribution < -0.4 is 23.8 Å². The molecule has 0 saturated carbocycles. The molecule has 42 heavy (non-hydrogen) atoms. The molecule has 226 valence electrons. The highest BCUT2D eigenvalue weighted by atomic mass is 35.5. The second kappa shape index (κ2) is 14.8. The van der Waals surface area contributed by atoms with Crippen LogP contribution in [0.4, 0.5) is 5.69 Å². The summed E-state index contributed by atoms with van der Waals surface area (Å²) in [5, 5.41) is 3.02. The number of nitrogens with one attached hydrogen (secondary N) is 1. The summed E-state index contributed by atoms with van der Waals surface area (Å²) in [5.41, 5.74) is 0.835. The highest BCUT2D eigenvalue weighted by molar-refractivity contribution is 7.92. The molecule has 0 aliphatic heterocycles. The van der Waals surface area contributed by atoms with Gasteiger partial charge in [0.25, 0.3) is 10.0 Å². The number of methoxy groups -OCH3 is 3. The standard InChI is InChI=1S/C30H36ClN3O7S/c1-6-24(30(36)32-7-2)33(19-21-11-9-8-10-12-21)29(35)20-34(25-17-22(31)13-15-26(25)39-3)42(37,38)23-14-16-27(40-4)28(18-23)41-5/h8-18,24H,6-7,19-20H2,1-5H3,(H,32,36)/t24-/m0/s1. The molecule has 0 fully saturated rings. The number of hydrogen-bond donors (Lipinski definition) is 1. The van der Waals surface area contributed by atoms with Gasteiger partial charge in [-0.1, -0.05) is 48.9 Å². The van der Waals surface area contributed by atoms with E-state index in [9.17, 15) is 18.0 Å². The van der Waals surface area contributed by atoms with Gasteiger partial charge in [-0.2, -0.15) is 0 Å². The lowest BCUT2D eigenvalue weighted by molar-refractivity contribution is -0.140. The number of amides is 2. The van der Waals surface area contributed by atoms with E-state index in [1.807, 2.05) is 30.3 Å². The van der Waals surface area contributed by atoms with Crippen LogP contribution in [0.15, 0.2) is 71.6 Å². The maximum atomic E-state index is 14.3. The highest BCUT2D eigenvalue weighted by Crippen LogP contribution is 2.37. The SMILES string of the molecule is CCNC(=O)[C@H](CC)N(Cc1ccccc1)C(=O)CN(c1cc(Cl)ccc1OC)S(=O)(=O)c1ccc(OC)c(OC)c1. The van der Waals surface area contributed by atoms with Gasteiger partial charge in [0.05, 0.1) is 31.9 Å². The number of carbonyl (C=O) groups excluding carboxylic acids is 2. The van der Waals surface area contributed by atoms with E-state index in [0.29, 0.717) is 18.7 Å². The van der Waals surface area contributed by atoms with Crippen molar-refractivity contribution in [1.82, 2.24) is 10.2 Å². The molecule has 0 heterocycles. The van der Waals surface area contributed by atoms with Crippen LogP contribution in [-0.2, 0) is 26.2 Å². The molecule has 0 aromatic heterocycles. The maximum Gasteiger partial charge on any atom is 0.265 e. The third-order valence-electron chi connectivity index (χ3n) is 6.56. The molecule has 12 heteroatoms. The lowest BCUT2D eigenvalue weighted by Crippen LogP contribution is -2.52. The molecule has 3 rings (SSSR count). The summed E-state index contributed by atoms with van der Waals surface area (Å²) >= 11 is 6.30. The molecule has 0 aliphatic carbocycles. The highest BCUT2D eigenvalue weighted by Gasteiger charge is 2.35. The Balaban J connectivity index is 2.17. The third-order valence-corrected chi connectivity index (χ3v) is 8.55. The summed E-state index contributed by atoms with van der Waals surface area (Å²) in [5.74, 6) is -0.222. The van der Waals surface area contributed by atoms with Crippen molar-refractivity contribution in [3.05, 3.63) is 77.3 Å². The van der Waals surface area contributed by atoms with E-state index in [1.54, 1.807) is 19.9 Å². The quantitative estimate of drug-likeness (QED) is 0.283. The Morgan fingerprint density at radius 2 is 1.52 bits per heavy atom. The molecule has 0 spiro atoms. The Labute approximate surface area is 252 Å². The molecule has 3 aromatic carbocycles. The van der Waals surface area contributed by atoms with E-state index in [-0.39, 0.29) is 39.6 Å². The minimum atomic E-state index is -4.41. The summed E-state index contributed by atoms with van der Waals surface area (Å²) in [6, 6.07) is 17.0. The molecule has 3 aromatic rings. The van der Waals surface area contributed by atoms with E-state index in [0.717, 1.165) is 9.87 Å². The fraction of sp³-hybridized carbons (Fsp3) is 0.333. The zero-order valence-corrected chi connectivity index (χ0v) is 25.9. The first-order valence-electron chi connectivity index (χ1n) is 13.3. The van der Waals surface area contributed by atoms with Gasteiger partial charge in [-0.25, -0.2) is 8.42 Å². The Hall–Kier alpha value is -3.96. The largest absolute Gasteiger partial charge is 0.495 e. The summed E-state index contributed by atoms with van der Waals surface area (Å²) in [7, 11) is -0.195. The van der Waals surface area contributed by atoms with Crippen molar-refractivity contribution in [3.63, 3.8) is 0 Å². The van der Waals surface area contributed by atoms with E-state index in [2.05, 4.69) is 5.32 Å². The molecule has 0 radical (unpaired) electrons. The van der Waals surface area contributed by atoms with Gasteiger partial charge in [0.15, 0.2) is 11.5 Å². The number of anilines is 1. The Morgan fingerprint density at radius 1 is 0.881 bits per heavy atom. The Morgan fingerprint density at radius 3 is 2.12 bits per heavy atom. The predicted octanol–water partition coefficient (Wildman–Crippen LogP) is 4.50. The predicted molar refractivity (Wildman–Crippen MR) is 162 cm³/mol. The van der Waals surface area contributed by atoms with E-state index < -0.39 is 28.5 Å². The van der Waals surface area contributed by atoms with Gasteiger partial charge in [0.1, 0.15) is 18.3 Å². The van der Waals surface area contributed by atoms with Crippen molar-refractivity contribution < 1.29 is 32.2 Å². The zero-order chi connectivity index (χ0) is 30.9. The molecule has 0 saturated heterocycles. The van der Waals surface area contributed by atoms with Crippen LogP contribution >= 0.6 is 11.6 Å². The average molecular weight is 618 g/mol. The van der Waals surface area contributed by atoms with Gasteiger partial charge in [-0.3, -0.25) is 13.9 Å². The van der Waals surface area contributed by atoms with E-state index in [1.165, 1.54) is 56.6 Å². The van der Waals surface area contributed by atoms with Crippen molar-refractivity contribution in [1.29, 1.82) is 0 Å². The normalized spacial score (nSPS) is 11.8. The number of carbonyl (C=O) groups is 2. The number of ether oxygens (including phenoxy) is 3. The van der Waals surface area contributed by atoms with Gasteiger partial charge >= 0.3 is 0 Å². The Kier molecular flexibility index (Phi) is 11.5. The maximum absolute atomic E-state index is 14.3. The molecule has 0 aliphatic rings. The lowest BCUT2D eigenvalue weighted by Gasteiger charge is -2.33. The van der Waals surface area contributed by atoms with Crippen LogP contribution in [0.25, 0.3) is 0 Å². The van der Waals surface area contributed by atoms with Crippen molar-refractivity contribution >= 4 is 39.1 Å². The van der Waals surface area contributed by atoms with Crippen molar-refractivity contribution in [2.75, 3.05) is 38.7 Å². The van der Waals surface area contributed by atoms with E-state index >= 15 is 0 Å². The number of sulfonamides is 1. The number of benzene rings is 3. The van der Waals surface area contributed by atoms with Crippen LogP contribution in [0.5, 0.6) is 17.2 Å². The second-order valence-corrected chi connectivity index (χ2v) is 11.5. The van der Waals surface area contributed by atoms with Gasteiger partial charge in [-0.05, 0) is 49.2 Å². The number of rotatable bonds is 14. The fourth-order valence-corrected chi connectivity index (χ4v) is 6.07. The molecule has 1 N–H and O–H groups in total. The smallest absolute Gasteiger partial charge is 0.265 e. The number of halogens is 1. The molecular formula is C30H36ClN3O7S. The summed E-state index contributed by atoms with van der Waals surface area (Å²) < 4.78 is 45.5. The molecular weight excluding hydrogens is 582 g/mol. The molecule has 0 unspecified atom stereocenters. The topological polar surface area (TPSA) is 114 Å². The minimum Gasteiger partial charge on any atom is -0.495 e. The van der Waals surface area contributed by atoms with Crippen molar-refractivity contribution in [2.45, 2.75) is 37.8 Å². The Bertz CT molecular complexity index is 1490. The number of likely N-dealkylation sites (N-methyl/N-ethyl adjacent to an activating group) is 1. The van der Waals surface area contributed by atoms with E-state index in [4.69, 9.17) is 25.8 Å². The summed E-state index contributed by atoms with van der Waals surface area (Å²) in [6.07, 6.45) is 0.313. The van der Waals surface area contributed by atoms with Crippen molar-refractivity contribution in [3.8, 4) is 17.2 Å². The van der Waals surface area contributed by atoms with Crippen LogP contribution in [0.3, 0.4) is 0 Å². The van der Waals surface area contributed by atoms with Crippen LogP contribution in [0.1, 0.15) is 25.8 Å². The number of hydrogen-bond acceptors (Lipinski definition) is 7. The summed E-state index contributed by atoms with van der Waals surface area (Å²) in [6.45, 7) is 3.41. The summed E-state index contributed by atoms with van der Waals surface area (Å²) in [4.78, 5) is 28.5. The number of nitrogens with zero attached hydrogens (tertiary/aromatic N) is 2. The van der Waals surface area contributed by atoms with Crippen LogP contribution in [0, 0.1) is 0 Å². The first kappa shape index (κ1) is 32.6. The van der Waals surface area contributed by atoms with Crippen LogP contribution in [0.2, 0.25) is 5.02 Å². The lowest BCUT2D eigenvalue weighted by atomic mass is 10.1. The fourth-order valence-electron chi connectivity index (χ4n) is 4.47. The van der Waals surface area contributed by atoms with Gasteiger partial charge in [0, 0.05) is 24.2 Å². The first-order chi connectivity index (χ1) is 20.1. The monoisotopic (exact) mass is 617 g/mol. The van der Waals surface area contributed by atoms with Gasteiger partial charge in [-0.15, -0.1) is 0 Å². The van der Waals surface area contributed by atoms with Crippen molar-refractivity contribution in [2.24, 2.45) is 0 Å². The zero-order valence-electron chi connectivity index (χ0n) is 24.3. The second-order valence-electron chi connectivity index (χ2n) is 9.17. The molecule has 2 amide bonds. The van der Waals surface area contributed by atoms with Crippen LogP contribution in [-0.4, -0.2) is 65.6 Å². The molecule has 0 bridgehead atoms.